The van der Waals surface area contributed by atoms with Crippen molar-refractivity contribution < 1.29 is 13.2 Å². The van der Waals surface area contributed by atoms with Crippen molar-refractivity contribution >= 4 is 15.8 Å². The fraction of sp³-hybridized carbons (Fsp3) is 0.231. The van der Waals surface area contributed by atoms with E-state index < -0.39 is 10.0 Å². The third kappa shape index (κ3) is 3.52. The molecule has 1 heterocycles. The van der Waals surface area contributed by atoms with E-state index in [0.29, 0.717) is 12.0 Å². The van der Waals surface area contributed by atoms with Crippen molar-refractivity contribution in [2.75, 3.05) is 6.54 Å². The molecule has 0 aliphatic rings. The zero-order chi connectivity index (χ0) is 14.6. The number of nitrogens with zero attached hydrogens (tertiary/aromatic N) is 1. The van der Waals surface area contributed by atoms with Crippen LogP contribution in [0, 0.1) is 0 Å². The van der Waals surface area contributed by atoms with Gasteiger partial charge in [0.05, 0.1) is 11.2 Å². The van der Waals surface area contributed by atoms with Crippen molar-refractivity contribution in [3.63, 3.8) is 0 Å². The van der Waals surface area contributed by atoms with Crippen LogP contribution in [0.3, 0.4) is 0 Å². The van der Waals surface area contributed by atoms with Gasteiger partial charge in [-0.3, -0.25) is 4.79 Å². The molecule has 0 aliphatic carbocycles. The maximum absolute atomic E-state index is 12.1. The van der Waals surface area contributed by atoms with Crippen LogP contribution in [0.15, 0.2) is 41.7 Å². The Morgan fingerprint density at radius 3 is 2.85 bits per heavy atom. The minimum atomic E-state index is -3.61. The molecular weight excluding hydrogens is 278 g/mol. The highest BCUT2D eigenvalue weighted by Gasteiger charge is 2.14. The number of nitrogens with one attached hydrogen (secondary N) is 2. The number of sulfonamides is 1. The lowest BCUT2D eigenvalue weighted by molar-refractivity contribution is 0.101. The van der Waals surface area contributed by atoms with Gasteiger partial charge in [0.1, 0.15) is 0 Å². The first-order chi connectivity index (χ1) is 9.49. The average molecular weight is 293 g/mol. The quantitative estimate of drug-likeness (QED) is 0.781. The van der Waals surface area contributed by atoms with Gasteiger partial charge in [0.25, 0.3) is 0 Å². The van der Waals surface area contributed by atoms with Crippen molar-refractivity contribution in [3.8, 4) is 0 Å². The van der Waals surface area contributed by atoms with Gasteiger partial charge in [0.15, 0.2) is 5.78 Å². The van der Waals surface area contributed by atoms with Gasteiger partial charge in [-0.15, -0.1) is 0 Å². The lowest BCUT2D eigenvalue weighted by Gasteiger charge is -2.07. The van der Waals surface area contributed by atoms with Crippen LogP contribution in [0.1, 0.15) is 23.0 Å². The van der Waals surface area contributed by atoms with E-state index in [1.807, 2.05) is 0 Å². The standard InChI is InChI=1S/C13H15N3O3S/c1-10(17)11-3-2-4-13(7-11)20(18,19)16-6-5-12-8-14-9-15-12/h2-4,7-9,16H,5-6H2,1H3,(H,14,15). The molecule has 0 unspecified atom stereocenters. The summed E-state index contributed by atoms with van der Waals surface area (Å²) in [7, 11) is -3.61. The second-order valence-electron chi connectivity index (χ2n) is 4.31. The Morgan fingerprint density at radius 2 is 2.20 bits per heavy atom. The van der Waals surface area contributed by atoms with Crippen LogP contribution in [-0.4, -0.2) is 30.7 Å². The van der Waals surface area contributed by atoms with E-state index in [2.05, 4.69) is 14.7 Å². The molecule has 2 aromatic rings. The molecule has 0 radical (unpaired) electrons. The Morgan fingerprint density at radius 1 is 1.40 bits per heavy atom. The number of benzene rings is 1. The molecule has 0 fully saturated rings. The molecule has 1 aromatic heterocycles. The minimum Gasteiger partial charge on any atom is -0.348 e. The number of rotatable bonds is 6. The molecule has 0 saturated carbocycles. The second kappa shape index (κ2) is 5.98. The van der Waals surface area contributed by atoms with Gasteiger partial charge in [0.2, 0.25) is 10.0 Å². The normalized spacial score (nSPS) is 11.4. The lowest BCUT2D eigenvalue weighted by atomic mass is 10.2. The van der Waals surface area contributed by atoms with Gasteiger partial charge >= 0.3 is 0 Å². The van der Waals surface area contributed by atoms with Crippen molar-refractivity contribution in [1.82, 2.24) is 14.7 Å². The Labute approximate surface area is 117 Å². The Balaban J connectivity index is 2.06. The van der Waals surface area contributed by atoms with Crippen molar-refractivity contribution in [2.45, 2.75) is 18.2 Å². The van der Waals surface area contributed by atoms with E-state index in [-0.39, 0.29) is 17.2 Å². The topological polar surface area (TPSA) is 91.9 Å². The SMILES string of the molecule is CC(=O)c1cccc(S(=O)(=O)NCCc2cnc[nH]2)c1. The van der Waals surface area contributed by atoms with Crippen LogP contribution < -0.4 is 4.72 Å². The van der Waals surface area contributed by atoms with E-state index in [4.69, 9.17) is 0 Å². The number of carbonyl (C=O) groups is 1. The molecule has 2 rings (SSSR count). The Bertz CT molecular complexity index is 693. The number of aromatic nitrogens is 2. The number of aromatic amines is 1. The first kappa shape index (κ1) is 14.4. The summed E-state index contributed by atoms with van der Waals surface area (Å²) in [5, 5.41) is 0. The molecule has 0 saturated heterocycles. The number of imidazole rings is 1. The largest absolute Gasteiger partial charge is 0.348 e. The average Bonchev–Trinajstić information content (AvgIpc) is 2.92. The van der Waals surface area contributed by atoms with Crippen LogP contribution in [0.25, 0.3) is 0 Å². The number of Topliss-reactive ketones (excluding diaryl/α,β-unsaturated/α-hetero) is 1. The van der Waals surface area contributed by atoms with Crippen LogP contribution in [0.4, 0.5) is 0 Å². The van der Waals surface area contributed by atoms with Crippen LogP contribution in [0.5, 0.6) is 0 Å². The predicted molar refractivity (Wildman–Crippen MR) is 73.9 cm³/mol. The zero-order valence-electron chi connectivity index (χ0n) is 11.0. The summed E-state index contributed by atoms with van der Waals surface area (Å²) in [6, 6.07) is 5.98. The van der Waals surface area contributed by atoms with Gasteiger partial charge in [-0.1, -0.05) is 12.1 Å². The van der Waals surface area contributed by atoms with Gasteiger partial charge in [-0.05, 0) is 19.1 Å². The number of carbonyl (C=O) groups excluding carboxylic acids is 1. The second-order valence-corrected chi connectivity index (χ2v) is 6.08. The van der Waals surface area contributed by atoms with Gasteiger partial charge in [-0.2, -0.15) is 0 Å². The molecule has 6 nitrogen and oxygen atoms in total. The van der Waals surface area contributed by atoms with Crippen molar-refractivity contribution in [1.29, 1.82) is 0 Å². The van der Waals surface area contributed by atoms with E-state index in [9.17, 15) is 13.2 Å². The minimum absolute atomic E-state index is 0.0924. The number of H-pyrrole nitrogens is 1. The molecule has 0 aliphatic heterocycles. The lowest BCUT2D eigenvalue weighted by Crippen LogP contribution is -2.26. The summed E-state index contributed by atoms with van der Waals surface area (Å²) in [6.07, 6.45) is 3.70. The third-order valence-electron chi connectivity index (χ3n) is 2.79. The highest BCUT2D eigenvalue weighted by molar-refractivity contribution is 7.89. The monoisotopic (exact) mass is 293 g/mol. The molecular formula is C13H15N3O3S. The first-order valence-electron chi connectivity index (χ1n) is 6.07. The molecule has 20 heavy (non-hydrogen) atoms. The third-order valence-corrected chi connectivity index (χ3v) is 4.25. The van der Waals surface area contributed by atoms with E-state index >= 15 is 0 Å². The Kier molecular flexibility index (Phi) is 4.31. The summed E-state index contributed by atoms with van der Waals surface area (Å²) in [6.45, 7) is 1.66. The molecule has 0 bridgehead atoms. The zero-order valence-corrected chi connectivity index (χ0v) is 11.8. The van der Waals surface area contributed by atoms with Crippen molar-refractivity contribution in [2.24, 2.45) is 0 Å². The molecule has 0 amide bonds. The van der Waals surface area contributed by atoms with Gasteiger partial charge in [0, 0.05) is 30.4 Å². The predicted octanol–water partition coefficient (Wildman–Crippen LogP) is 1.13. The number of hydrogen-bond donors (Lipinski definition) is 2. The molecule has 1 aromatic carbocycles. The van der Waals surface area contributed by atoms with Gasteiger partial charge in [-0.25, -0.2) is 18.1 Å². The maximum atomic E-state index is 12.1. The van der Waals surface area contributed by atoms with Crippen molar-refractivity contribution in [3.05, 3.63) is 48.0 Å². The smallest absolute Gasteiger partial charge is 0.240 e. The van der Waals surface area contributed by atoms with Crippen LogP contribution in [0.2, 0.25) is 0 Å². The van der Waals surface area contributed by atoms with Gasteiger partial charge < -0.3 is 4.98 Å². The van der Waals surface area contributed by atoms with E-state index in [1.54, 1.807) is 24.7 Å². The van der Waals surface area contributed by atoms with E-state index in [0.717, 1.165) is 5.69 Å². The number of ketones is 1. The molecule has 7 heteroatoms. The van der Waals surface area contributed by atoms with Crippen LogP contribution >= 0.6 is 0 Å². The fourth-order valence-electron chi connectivity index (χ4n) is 1.71. The molecule has 2 N–H and O–H groups in total. The number of hydrogen-bond acceptors (Lipinski definition) is 4. The molecule has 0 spiro atoms. The Hall–Kier alpha value is -1.99. The highest BCUT2D eigenvalue weighted by Crippen LogP contribution is 2.11. The summed E-state index contributed by atoms with van der Waals surface area (Å²) < 4.78 is 26.7. The van der Waals surface area contributed by atoms with Crippen LogP contribution in [-0.2, 0) is 16.4 Å². The molecule has 106 valence electrons. The summed E-state index contributed by atoms with van der Waals surface area (Å²) in [4.78, 5) is 18.1. The van der Waals surface area contributed by atoms with E-state index in [1.165, 1.54) is 19.1 Å². The first-order valence-corrected chi connectivity index (χ1v) is 7.55. The molecule has 0 atom stereocenters. The summed E-state index contributed by atoms with van der Waals surface area (Å²) in [5.74, 6) is -0.167. The highest BCUT2D eigenvalue weighted by atomic mass is 32.2. The summed E-state index contributed by atoms with van der Waals surface area (Å²) in [5.41, 5.74) is 1.23. The fourth-order valence-corrected chi connectivity index (χ4v) is 2.78. The summed E-state index contributed by atoms with van der Waals surface area (Å²) >= 11 is 0. The maximum Gasteiger partial charge on any atom is 0.240 e.